The molecule has 3 heterocycles. The molecule has 0 aliphatic carbocycles. The fourth-order valence-electron chi connectivity index (χ4n) is 3.14. The smallest absolute Gasteiger partial charge is 0.325 e. The zero-order valence-corrected chi connectivity index (χ0v) is 16.1. The third kappa shape index (κ3) is 4.38. The van der Waals surface area contributed by atoms with Crippen molar-refractivity contribution in [2.75, 3.05) is 24.3 Å². The van der Waals surface area contributed by atoms with Gasteiger partial charge in [0.2, 0.25) is 5.91 Å². The molecule has 1 aromatic carbocycles. The number of imide groups is 1. The highest BCUT2D eigenvalue weighted by Crippen LogP contribution is 2.32. The first-order valence-electron chi connectivity index (χ1n) is 9.24. The number of carbonyl (C=O) groups is 2. The summed E-state index contributed by atoms with van der Waals surface area (Å²) >= 11 is 1.29. The Morgan fingerprint density at radius 3 is 2.86 bits per heavy atom. The average Bonchev–Trinajstić information content (AvgIpc) is 2.92. The van der Waals surface area contributed by atoms with Crippen LogP contribution in [0.1, 0.15) is 25.1 Å². The van der Waals surface area contributed by atoms with Crippen LogP contribution in [0.25, 0.3) is 0 Å². The third-order valence-corrected chi connectivity index (χ3v) is 5.43. The lowest BCUT2D eigenvalue weighted by molar-refractivity contribution is -0.117. The summed E-state index contributed by atoms with van der Waals surface area (Å²) in [5.74, 6) is 1.87. The fraction of sp³-hybridized carbons (Fsp3) is 0.444. The minimum Gasteiger partial charge on any atom is -0.486 e. The number of aryl methyl sites for hydroxylation is 1. The van der Waals surface area contributed by atoms with Crippen LogP contribution in [0.15, 0.2) is 23.4 Å². The average molecular weight is 403 g/mol. The van der Waals surface area contributed by atoms with E-state index in [0.29, 0.717) is 30.4 Å². The highest BCUT2D eigenvalue weighted by Gasteiger charge is 2.17. The number of amides is 3. The molecule has 0 unspecified atom stereocenters. The van der Waals surface area contributed by atoms with Crippen LogP contribution in [0.5, 0.6) is 11.5 Å². The molecule has 2 aliphatic rings. The van der Waals surface area contributed by atoms with Crippen molar-refractivity contribution in [1.82, 2.24) is 20.1 Å². The third-order valence-electron chi connectivity index (χ3n) is 4.46. The molecule has 0 atom stereocenters. The van der Waals surface area contributed by atoms with Gasteiger partial charge >= 0.3 is 6.03 Å². The molecule has 2 N–H and O–H groups in total. The summed E-state index contributed by atoms with van der Waals surface area (Å²) in [4.78, 5) is 24.2. The van der Waals surface area contributed by atoms with Crippen LogP contribution in [-0.2, 0) is 17.8 Å². The minimum absolute atomic E-state index is 0.0900. The van der Waals surface area contributed by atoms with E-state index >= 15 is 0 Å². The van der Waals surface area contributed by atoms with Crippen molar-refractivity contribution < 1.29 is 19.1 Å². The summed E-state index contributed by atoms with van der Waals surface area (Å²) in [6.45, 7) is 1.84. The van der Waals surface area contributed by atoms with E-state index in [1.165, 1.54) is 18.2 Å². The first-order chi connectivity index (χ1) is 13.7. The SMILES string of the molecule is O=C(CSc1nnc2n1CCCCC2)NC(=O)Nc1ccc2c(c1)OCCO2. The van der Waals surface area contributed by atoms with Crippen molar-refractivity contribution >= 4 is 29.4 Å². The second kappa shape index (κ2) is 8.51. The molecule has 148 valence electrons. The standard InChI is InChI=1S/C18H21N5O4S/c24-16(11-28-18-22-21-15-4-2-1-3-7-23(15)18)20-17(25)19-12-5-6-13-14(10-12)27-9-8-26-13/h5-6,10H,1-4,7-9,11H2,(H2,19,20,24,25). The molecule has 0 saturated carbocycles. The van der Waals surface area contributed by atoms with Gasteiger partial charge in [-0.25, -0.2) is 4.79 Å². The van der Waals surface area contributed by atoms with E-state index < -0.39 is 11.9 Å². The Bertz CT molecular complexity index is 885. The number of urea groups is 1. The molecule has 0 bridgehead atoms. The van der Waals surface area contributed by atoms with Crippen molar-refractivity contribution in [3.8, 4) is 11.5 Å². The Balaban J connectivity index is 1.28. The molecule has 28 heavy (non-hydrogen) atoms. The van der Waals surface area contributed by atoms with Gasteiger partial charge < -0.3 is 19.4 Å². The number of nitrogens with one attached hydrogen (secondary N) is 2. The number of hydrogen-bond donors (Lipinski definition) is 2. The monoisotopic (exact) mass is 403 g/mol. The van der Waals surface area contributed by atoms with Crippen LogP contribution < -0.4 is 20.1 Å². The quantitative estimate of drug-likeness (QED) is 0.754. The fourth-order valence-corrected chi connectivity index (χ4v) is 3.92. The summed E-state index contributed by atoms with van der Waals surface area (Å²) in [5.41, 5.74) is 0.518. The maximum Gasteiger partial charge on any atom is 0.325 e. The number of nitrogens with zero attached hydrogens (tertiary/aromatic N) is 3. The minimum atomic E-state index is -0.595. The predicted octanol–water partition coefficient (Wildman–Crippen LogP) is 2.22. The molecular weight excluding hydrogens is 382 g/mol. The molecule has 3 amide bonds. The molecule has 0 saturated heterocycles. The topological polar surface area (TPSA) is 107 Å². The number of rotatable bonds is 4. The van der Waals surface area contributed by atoms with Gasteiger partial charge in [-0.1, -0.05) is 18.2 Å². The van der Waals surface area contributed by atoms with Crippen LogP contribution in [-0.4, -0.2) is 45.7 Å². The molecule has 2 aliphatic heterocycles. The van der Waals surface area contributed by atoms with Crippen molar-refractivity contribution in [3.63, 3.8) is 0 Å². The Kier molecular flexibility index (Phi) is 5.65. The van der Waals surface area contributed by atoms with E-state index in [0.717, 1.165) is 36.8 Å². The lowest BCUT2D eigenvalue weighted by atomic mass is 10.2. The summed E-state index contributed by atoms with van der Waals surface area (Å²) in [7, 11) is 0. The summed E-state index contributed by atoms with van der Waals surface area (Å²) in [6, 6.07) is 4.48. The van der Waals surface area contributed by atoms with Gasteiger partial charge in [-0.15, -0.1) is 10.2 Å². The van der Waals surface area contributed by atoms with E-state index in [-0.39, 0.29) is 5.75 Å². The number of benzene rings is 1. The van der Waals surface area contributed by atoms with E-state index in [1.807, 2.05) is 0 Å². The lowest BCUT2D eigenvalue weighted by Crippen LogP contribution is -2.35. The van der Waals surface area contributed by atoms with E-state index in [4.69, 9.17) is 9.47 Å². The zero-order chi connectivity index (χ0) is 19.3. The lowest BCUT2D eigenvalue weighted by Gasteiger charge is -2.19. The molecule has 0 spiro atoms. The second-order valence-electron chi connectivity index (χ2n) is 6.51. The van der Waals surface area contributed by atoms with Gasteiger partial charge in [0.15, 0.2) is 16.7 Å². The second-order valence-corrected chi connectivity index (χ2v) is 7.45. The van der Waals surface area contributed by atoms with Crippen LogP contribution in [0, 0.1) is 0 Å². The maximum absolute atomic E-state index is 12.1. The van der Waals surface area contributed by atoms with Crippen molar-refractivity contribution in [3.05, 3.63) is 24.0 Å². The number of fused-ring (bicyclic) bond motifs is 2. The molecule has 2 aromatic rings. The van der Waals surface area contributed by atoms with E-state index in [9.17, 15) is 9.59 Å². The number of thioether (sulfide) groups is 1. The van der Waals surface area contributed by atoms with E-state index in [1.54, 1.807) is 18.2 Å². The highest BCUT2D eigenvalue weighted by molar-refractivity contribution is 7.99. The zero-order valence-electron chi connectivity index (χ0n) is 15.3. The first-order valence-corrected chi connectivity index (χ1v) is 10.2. The summed E-state index contributed by atoms with van der Waals surface area (Å²) in [6.07, 6.45) is 4.29. The molecule has 0 fully saturated rings. The number of carbonyl (C=O) groups excluding carboxylic acids is 2. The normalized spacial score (nSPS) is 15.3. The summed E-state index contributed by atoms with van der Waals surface area (Å²) < 4.78 is 13.0. The van der Waals surface area contributed by atoms with E-state index in [2.05, 4.69) is 25.4 Å². The van der Waals surface area contributed by atoms with Gasteiger partial charge in [-0.05, 0) is 25.0 Å². The van der Waals surface area contributed by atoms with Gasteiger partial charge in [0.25, 0.3) is 0 Å². The Hall–Kier alpha value is -2.75. The van der Waals surface area contributed by atoms with Gasteiger partial charge in [0.05, 0.1) is 5.75 Å². The van der Waals surface area contributed by atoms with Crippen molar-refractivity contribution in [1.29, 1.82) is 0 Å². The molecule has 9 nitrogen and oxygen atoms in total. The van der Waals surface area contributed by atoms with Crippen molar-refractivity contribution in [2.45, 2.75) is 37.4 Å². The predicted molar refractivity (Wildman–Crippen MR) is 103 cm³/mol. The van der Waals surface area contributed by atoms with Gasteiger partial charge in [-0.2, -0.15) is 0 Å². The van der Waals surface area contributed by atoms with Crippen LogP contribution in [0.4, 0.5) is 10.5 Å². The number of ether oxygens (including phenoxy) is 2. The van der Waals surface area contributed by atoms with Gasteiger partial charge in [0, 0.05) is 24.7 Å². The van der Waals surface area contributed by atoms with Crippen LogP contribution in [0.2, 0.25) is 0 Å². The van der Waals surface area contributed by atoms with Crippen molar-refractivity contribution in [2.24, 2.45) is 0 Å². The number of anilines is 1. The van der Waals surface area contributed by atoms with Gasteiger partial charge in [0.1, 0.15) is 19.0 Å². The summed E-state index contributed by atoms with van der Waals surface area (Å²) in [5, 5.41) is 14.0. The Morgan fingerprint density at radius 1 is 1.11 bits per heavy atom. The highest BCUT2D eigenvalue weighted by atomic mass is 32.2. The number of hydrogen-bond acceptors (Lipinski definition) is 7. The Labute approximate surface area is 166 Å². The molecule has 1 aromatic heterocycles. The Morgan fingerprint density at radius 2 is 1.96 bits per heavy atom. The van der Waals surface area contributed by atoms with Gasteiger partial charge in [-0.3, -0.25) is 10.1 Å². The maximum atomic E-state index is 12.1. The van der Waals surface area contributed by atoms with Crippen LogP contribution in [0.3, 0.4) is 0 Å². The molecule has 4 rings (SSSR count). The molecule has 10 heteroatoms. The largest absolute Gasteiger partial charge is 0.486 e. The molecule has 0 radical (unpaired) electrons. The first kappa shape index (κ1) is 18.6. The molecular formula is C18H21N5O4S. The number of aromatic nitrogens is 3. The van der Waals surface area contributed by atoms with Crippen LogP contribution >= 0.6 is 11.8 Å².